The second-order valence-electron chi connectivity index (χ2n) is 5.10. The molecule has 1 amide bonds. The van der Waals surface area contributed by atoms with Crippen LogP contribution < -0.4 is 14.8 Å². The van der Waals surface area contributed by atoms with E-state index in [1.807, 2.05) is 32.0 Å². The van der Waals surface area contributed by atoms with Crippen molar-refractivity contribution in [3.8, 4) is 11.5 Å². The molecule has 0 radical (unpaired) electrons. The lowest BCUT2D eigenvalue weighted by Crippen LogP contribution is -2.41. The van der Waals surface area contributed by atoms with Gasteiger partial charge in [0.25, 0.3) is 0 Å². The Bertz CT molecular complexity index is 535. The number of ether oxygens (including phenoxy) is 2. The number of aliphatic hydroxyl groups is 1. The van der Waals surface area contributed by atoms with Crippen LogP contribution in [0.1, 0.15) is 32.3 Å². The van der Waals surface area contributed by atoms with Crippen molar-refractivity contribution in [2.75, 3.05) is 13.3 Å². The average molecular weight is 291 g/mol. The second-order valence-corrected chi connectivity index (χ2v) is 5.10. The summed E-state index contributed by atoms with van der Waals surface area (Å²) in [5, 5.41) is 12.8. The fourth-order valence-electron chi connectivity index (χ4n) is 2.00. The first kappa shape index (κ1) is 15.4. The van der Waals surface area contributed by atoms with Crippen LogP contribution >= 0.6 is 0 Å². The van der Waals surface area contributed by atoms with Crippen molar-refractivity contribution in [1.82, 2.24) is 5.32 Å². The van der Waals surface area contributed by atoms with Gasteiger partial charge in [0.1, 0.15) is 0 Å². The van der Waals surface area contributed by atoms with Crippen molar-refractivity contribution in [3.05, 3.63) is 29.8 Å². The SMILES string of the molecule is CCC(O)(CC)CNC(=O)C=Cc1ccc2c(c1)OCO2. The molecule has 0 bridgehead atoms. The summed E-state index contributed by atoms with van der Waals surface area (Å²) in [6.07, 6.45) is 4.36. The molecule has 0 fully saturated rings. The minimum Gasteiger partial charge on any atom is -0.454 e. The lowest BCUT2D eigenvalue weighted by molar-refractivity contribution is -0.117. The summed E-state index contributed by atoms with van der Waals surface area (Å²) in [5.74, 6) is 1.17. The van der Waals surface area contributed by atoms with Gasteiger partial charge in [0.2, 0.25) is 12.7 Å². The monoisotopic (exact) mass is 291 g/mol. The zero-order valence-electron chi connectivity index (χ0n) is 12.4. The van der Waals surface area contributed by atoms with Gasteiger partial charge < -0.3 is 19.9 Å². The molecule has 0 aromatic heterocycles. The number of carbonyl (C=O) groups excluding carboxylic acids is 1. The first-order chi connectivity index (χ1) is 10.1. The average Bonchev–Trinajstić information content (AvgIpc) is 2.98. The largest absolute Gasteiger partial charge is 0.454 e. The first-order valence-electron chi connectivity index (χ1n) is 7.14. The Morgan fingerprint density at radius 1 is 1.33 bits per heavy atom. The number of carbonyl (C=O) groups is 1. The number of amides is 1. The third kappa shape index (κ3) is 3.98. The maximum atomic E-state index is 11.8. The van der Waals surface area contributed by atoms with E-state index in [0.29, 0.717) is 24.3 Å². The summed E-state index contributed by atoms with van der Waals surface area (Å²) in [6, 6.07) is 5.49. The van der Waals surface area contributed by atoms with Crippen LogP contribution in [-0.4, -0.2) is 30.0 Å². The summed E-state index contributed by atoms with van der Waals surface area (Å²) in [7, 11) is 0. The zero-order chi connectivity index (χ0) is 15.3. The number of hydrogen-bond acceptors (Lipinski definition) is 4. The lowest BCUT2D eigenvalue weighted by Gasteiger charge is -2.24. The van der Waals surface area contributed by atoms with Gasteiger partial charge in [0.05, 0.1) is 5.60 Å². The number of benzene rings is 1. The molecule has 1 heterocycles. The van der Waals surface area contributed by atoms with Crippen molar-refractivity contribution in [2.45, 2.75) is 32.3 Å². The van der Waals surface area contributed by atoms with Gasteiger partial charge >= 0.3 is 0 Å². The molecule has 1 aliphatic heterocycles. The van der Waals surface area contributed by atoms with Crippen LogP contribution in [0.15, 0.2) is 24.3 Å². The Morgan fingerprint density at radius 2 is 2.05 bits per heavy atom. The van der Waals surface area contributed by atoms with Crippen LogP contribution in [0.5, 0.6) is 11.5 Å². The minimum absolute atomic E-state index is 0.229. The normalized spacial score (nSPS) is 13.7. The van der Waals surface area contributed by atoms with E-state index in [2.05, 4.69) is 5.32 Å². The second kappa shape index (κ2) is 6.63. The van der Waals surface area contributed by atoms with Crippen LogP contribution in [-0.2, 0) is 4.79 Å². The fraction of sp³-hybridized carbons (Fsp3) is 0.438. The van der Waals surface area contributed by atoms with Gasteiger partial charge in [-0.05, 0) is 36.6 Å². The van der Waals surface area contributed by atoms with E-state index in [9.17, 15) is 9.90 Å². The topological polar surface area (TPSA) is 67.8 Å². The molecule has 5 nitrogen and oxygen atoms in total. The summed E-state index contributed by atoms with van der Waals surface area (Å²) < 4.78 is 10.5. The maximum absolute atomic E-state index is 11.8. The molecule has 0 saturated carbocycles. The Labute approximate surface area is 124 Å². The van der Waals surface area contributed by atoms with Crippen molar-refractivity contribution in [2.24, 2.45) is 0 Å². The van der Waals surface area contributed by atoms with Gasteiger partial charge in [-0.1, -0.05) is 19.9 Å². The van der Waals surface area contributed by atoms with Gasteiger partial charge in [-0.15, -0.1) is 0 Å². The quantitative estimate of drug-likeness (QED) is 0.788. The van der Waals surface area contributed by atoms with E-state index in [4.69, 9.17) is 9.47 Å². The molecular weight excluding hydrogens is 270 g/mol. The van der Waals surface area contributed by atoms with E-state index in [1.165, 1.54) is 6.08 Å². The molecular formula is C16H21NO4. The molecule has 2 rings (SSSR count). The van der Waals surface area contributed by atoms with E-state index < -0.39 is 5.60 Å². The van der Waals surface area contributed by atoms with E-state index in [0.717, 1.165) is 5.56 Å². The van der Waals surface area contributed by atoms with Gasteiger partial charge in [0.15, 0.2) is 11.5 Å². The van der Waals surface area contributed by atoms with Gasteiger partial charge in [-0.3, -0.25) is 4.79 Å². The molecule has 1 aliphatic rings. The molecule has 1 aromatic carbocycles. The fourth-order valence-corrected chi connectivity index (χ4v) is 2.00. The van der Waals surface area contributed by atoms with Crippen LogP contribution in [0.25, 0.3) is 6.08 Å². The smallest absolute Gasteiger partial charge is 0.244 e. The van der Waals surface area contributed by atoms with E-state index >= 15 is 0 Å². The summed E-state index contributed by atoms with van der Waals surface area (Å²) in [6.45, 7) is 4.29. The molecule has 21 heavy (non-hydrogen) atoms. The zero-order valence-corrected chi connectivity index (χ0v) is 12.4. The van der Waals surface area contributed by atoms with Gasteiger partial charge in [-0.2, -0.15) is 0 Å². The molecule has 114 valence electrons. The number of nitrogens with one attached hydrogen (secondary N) is 1. The third-order valence-corrected chi connectivity index (χ3v) is 3.73. The minimum atomic E-state index is -0.831. The van der Waals surface area contributed by atoms with E-state index in [-0.39, 0.29) is 19.2 Å². The number of hydrogen-bond donors (Lipinski definition) is 2. The van der Waals surface area contributed by atoms with Crippen LogP contribution in [0.4, 0.5) is 0 Å². The number of rotatable bonds is 6. The molecule has 1 aromatic rings. The lowest BCUT2D eigenvalue weighted by atomic mass is 9.98. The Hall–Kier alpha value is -2.01. The maximum Gasteiger partial charge on any atom is 0.244 e. The van der Waals surface area contributed by atoms with Gasteiger partial charge in [-0.25, -0.2) is 0 Å². The molecule has 0 saturated heterocycles. The van der Waals surface area contributed by atoms with E-state index in [1.54, 1.807) is 6.08 Å². The molecule has 0 atom stereocenters. The van der Waals surface area contributed by atoms with Crippen LogP contribution in [0.3, 0.4) is 0 Å². The molecule has 0 spiro atoms. The predicted octanol–water partition coefficient (Wildman–Crippen LogP) is 2.10. The molecule has 0 unspecified atom stereocenters. The Kier molecular flexibility index (Phi) is 4.85. The molecule has 2 N–H and O–H groups in total. The predicted molar refractivity (Wildman–Crippen MR) is 80.1 cm³/mol. The Balaban J connectivity index is 1.90. The van der Waals surface area contributed by atoms with Crippen LogP contribution in [0.2, 0.25) is 0 Å². The first-order valence-corrected chi connectivity index (χ1v) is 7.14. The highest BCUT2D eigenvalue weighted by Gasteiger charge is 2.22. The van der Waals surface area contributed by atoms with Crippen molar-refractivity contribution in [1.29, 1.82) is 0 Å². The van der Waals surface area contributed by atoms with Crippen molar-refractivity contribution < 1.29 is 19.4 Å². The highest BCUT2D eigenvalue weighted by Crippen LogP contribution is 2.32. The van der Waals surface area contributed by atoms with Crippen molar-refractivity contribution in [3.63, 3.8) is 0 Å². The third-order valence-electron chi connectivity index (χ3n) is 3.73. The highest BCUT2D eigenvalue weighted by molar-refractivity contribution is 5.91. The Morgan fingerprint density at radius 3 is 2.76 bits per heavy atom. The summed E-state index contributed by atoms with van der Waals surface area (Å²) >= 11 is 0. The summed E-state index contributed by atoms with van der Waals surface area (Å²) in [4.78, 5) is 11.8. The summed E-state index contributed by atoms with van der Waals surface area (Å²) in [5.41, 5.74) is 0.0260. The molecule has 5 heteroatoms. The van der Waals surface area contributed by atoms with Crippen molar-refractivity contribution >= 4 is 12.0 Å². The number of fused-ring (bicyclic) bond motifs is 1. The molecule has 0 aliphatic carbocycles. The highest BCUT2D eigenvalue weighted by atomic mass is 16.7. The standard InChI is InChI=1S/C16H21NO4/c1-3-16(19,4-2)10-17-15(18)8-6-12-5-7-13-14(9-12)21-11-20-13/h5-9,19H,3-4,10-11H2,1-2H3,(H,17,18). The van der Waals surface area contributed by atoms with Crippen LogP contribution in [0, 0.1) is 0 Å². The van der Waals surface area contributed by atoms with Gasteiger partial charge in [0, 0.05) is 12.6 Å².